The molecule has 2 aliphatic heterocycles. The predicted octanol–water partition coefficient (Wildman–Crippen LogP) is 3.36. The molecule has 4 rings (SSSR count). The van der Waals surface area contributed by atoms with Crippen molar-refractivity contribution >= 4 is 29.3 Å². The molecular weight excluding hydrogens is 382 g/mol. The van der Waals surface area contributed by atoms with Gasteiger partial charge >= 0.3 is 0 Å². The third-order valence-corrected chi connectivity index (χ3v) is 6.82. The second-order valence-corrected chi connectivity index (χ2v) is 9.14. The number of hydrogen-bond donors (Lipinski definition) is 0. The molecule has 6 heteroatoms. The van der Waals surface area contributed by atoms with Crippen LogP contribution in [0.5, 0.6) is 0 Å². The van der Waals surface area contributed by atoms with E-state index in [1.165, 1.54) is 4.90 Å². The summed E-state index contributed by atoms with van der Waals surface area (Å²) in [6, 6.07) is 17.6. The summed E-state index contributed by atoms with van der Waals surface area (Å²) in [6.45, 7) is 6.15. The number of carbonyl (C=O) groups excluding carboxylic acids is 2. The Morgan fingerprint density at radius 2 is 1.62 bits per heavy atom. The molecule has 0 unspecified atom stereocenters. The van der Waals surface area contributed by atoms with Crippen molar-refractivity contribution in [1.29, 1.82) is 0 Å². The third-order valence-electron chi connectivity index (χ3n) is 5.58. The molecule has 1 fully saturated rings. The summed E-state index contributed by atoms with van der Waals surface area (Å²) in [5, 5.41) is 0.501. The lowest BCUT2D eigenvalue weighted by Crippen LogP contribution is -2.51. The number of carbonyl (C=O) groups is 2. The molecule has 152 valence electrons. The number of nitrogens with zero attached hydrogens (tertiary/aromatic N) is 3. The Hall–Kier alpha value is -2.31. The summed E-state index contributed by atoms with van der Waals surface area (Å²) in [5.74, 6) is 0.221. The van der Waals surface area contributed by atoms with E-state index in [-0.39, 0.29) is 11.8 Å². The Kier molecular flexibility index (Phi) is 6.21. The van der Waals surface area contributed by atoms with Crippen molar-refractivity contribution in [2.75, 3.05) is 44.2 Å². The Morgan fingerprint density at radius 1 is 0.931 bits per heavy atom. The number of benzene rings is 2. The largest absolute Gasteiger partial charge is 0.336 e. The van der Waals surface area contributed by atoms with Crippen molar-refractivity contribution < 1.29 is 9.59 Å². The number of piperazine rings is 1. The zero-order valence-corrected chi connectivity index (χ0v) is 17.6. The Balaban J connectivity index is 1.36. The van der Waals surface area contributed by atoms with Gasteiger partial charge in [0.05, 0.1) is 12.2 Å². The minimum atomic E-state index is 0.0732. The summed E-state index contributed by atoms with van der Waals surface area (Å²) in [6.07, 6.45) is 0.991. The fraction of sp³-hybridized carbons (Fsp3) is 0.391. The molecule has 2 aromatic carbocycles. The maximum Gasteiger partial charge on any atom is 0.253 e. The number of hydrogen-bond acceptors (Lipinski definition) is 4. The first-order valence-corrected chi connectivity index (χ1v) is 11.1. The SMILES string of the molecule is C[C@@H]1CCN(C(=O)CN2CCN(C(=O)c3ccccc3)CC2)c2ccccc2S1. The van der Waals surface area contributed by atoms with Crippen molar-refractivity contribution in [1.82, 2.24) is 9.80 Å². The summed E-state index contributed by atoms with van der Waals surface area (Å²) >= 11 is 1.85. The normalized spacial score (nSPS) is 20.1. The maximum absolute atomic E-state index is 13.1. The topological polar surface area (TPSA) is 43.9 Å². The van der Waals surface area contributed by atoms with E-state index >= 15 is 0 Å². The van der Waals surface area contributed by atoms with Crippen LogP contribution in [0.3, 0.4) is 0 Å². The fourth-order valence-corrected chi connectivity index (χ4v) is 5.01. The number of amides is 2. The first-order valence-electron chi connectivity index (χ1n) is 10.2. The van der Waals surface area contributed by atoms with E-state index in [4.69, 9.17) is 0 Å². The Labute approximate surface area is 176 Å². The van der Waals surface area contributed by atoms with Crippen LogP contribution in [-0.4, -0.2) is 66.1 Å². The number of fused-ring (bicyclic) bond motifs is 1. The molecule has 0 spiro atoms. The zero-order chi connectivity index (χ0) is 20.2. The molecule has 0 N–H and O–H groups in total. The van der Waals surface area contributed by atoms with Crippen molar-refractivity contribution in [3.05, 3.63) is 60.2 Å². The fourth-order valence-electron chi connectivity index (χ4n) is 3.89. The van der Waals surface area contributed by atoms with E-state index < -0.39 is 0 Å². The smallest absolute Gasteiger partial charge is 0.253 e. The maximum atomic E-state index is 13.1. The molecule has 2 amide bonds. The number of anilines is 1. The average molecular weight is 410 g/mol. The van der Waals surface area contributed by atoms with E-state index in [1.54, 1.807) is 0 Å². The van der Waals surface area contributed by atoms with E-state index in [0.717, 1.165) is 37.3 Å². The van der Waals surface area contributed by atoms with Gasteiger partial charge in [0.1, 0.15) is 0 Å². The summed E-state index contributed by atoms with van der Waals surface area (Å²) in [5.41, 5.74) is 1.76. The molecule has 1 saturated heterocycles. The van der Waals surface area contributed by atoms with Crippen LogP contribution in [0.1, 0.15) is 23.7 Å². The highest BCUT2D eigenvalue weighted by atomic mass is 32.2. The number of rotatable bonds is 3. The molecule has 0 saturated carbocycles. The quantitative estimate of drug-likeness (QED) is 0.780. The van der Waals surface area contributed by atoms with Gasteiger partial charge < -0.3 is 9.80 Å². The van der Waals surface area contributed by atoms with Gasteiger partial charge in [-0.2, -0.15) is 0 Å². The second kappa shape index (κ2) is 9.01. The Bertz CT molecular complexity index is 865. The lowest BCUT2D eigenvalue weighted by Gasteiger charge is -2.35. The van der Waals surface area contributed by atoms with Crippen LogP contribution in [0.2, 0.25) is 0 Å². The highest BCUT2D eigenvalue weighted by Gasteiger charge is 2.27. The molecule has 2 heterocycles. The molecule has 0 radical (unpaired) electrons. The van der Waals surface area contributed by atoms with Crippen molar-refractivity contribution in [2.45, 2.75) is 23.5 Å². The molecule has 1 atom stereocenters. The van der Waals surface area contributed by atoms with Gasteiger partial charge in [-0.25, -0.2) is 0 Å². The molecule has 0 bridgehead atoms. The lowest BCUT2D eigenvalue weighted by atomic mass is 10.2. The second-order valence-electron chi connectivity index (χ2n) is 7.66. The third kappa shape index (κ3) is 4.65. The van der Waals surface area contributed by atoms with Crippen LogP contribution in [0, 0.1) is 0 Å². The molecular formula is C23H27N3O2S. The molecule has 29 heavy (non-hydrogen) atoms. The summed E-state index contributed by atoms with van der Waals surface area (Å²) < 4.78 is 0. The minimum absolute atomic E-state index is 0.0732. The number of thioether (sulfide) groups is 1. The minimum Gasteiger partial charge on any atom is -0.336 e. The van der Waals surface area contributed by atoms with Gasteiger partial charge in [-0.1, -0.05) is 37.3 Å². The van der Waals surface area contributed by atoms with E-state index in [1.807, 2.05) is 64.0 Å². The molecule has 2 aromatic rings. The molecule has 2 aliphatic rings. The van der Waals surface area contributed by atoms with Gasteiger partial charge in [0, 0.05) is 48.4 Å². The van der Waals surface area contributed by atoms with Crippen LogP contribution >= 0.6 is 11.8 Å². The van der Waals surface area contributed by atoms with E-state index in [9.17, 15) is 9.59 Å². The molecule has 0 aliphatic carbocycles. The first kappa shape index (κ1) is 20.0. The van der Waals surface area contributed by atoms with Gasteiger partial charge in [0.15, 0.2) is 0 Å². The lowest BCUT2D eigenvalue weighted by molar-refractivity contribution is -0.120. The van der Waals surface area contributed by atoms with Crippen LogP contribution in [0.25, 0.3) is 0 Å². The van der Waals surface area contributed by atoms with Gasteiger partial charge in [-0.05, 0) is 30.7 Å². The zero-order valence-electron chi connectivity index (χ0n) is 16.8. The van der Waals surface area contributed by atoms with Crippen LogP contribution in [0.15, 0.2) is 59.5 Å². The van der Waals surface area contributed by atoms with Gasteiger partial charge in [0.25, 0.3) is 5.91 Å². The van der Waals surface area contributed by atoms with Crippen molar-refractivity contribution in [3.8, 4) is 0 Å². The van der Waals surface area contributed by atoms with Gasteiger partial charge in [-0.3, -0.25) is 14.5 Å². The van der Waals surface area contributed by atoms with Crippen molar-refractivity contribution in [3.63, 3.8) is 0 Å². The number of para-hydroxylation sites is 1. The van der Waals surface area contributed by atoms with Crippen molar-refractivity contribution in [2.24, 2.45) is 0 Å². The molecule has 5 nitrogen and oxygen atoms in total. The van der Waals surface area contributed by atoms with E-state index in [2.05, 4.69) is 24.0 Å². The van der Waals surface area contributed by atoms with Gasteiger partial charge in [-0.15, -0.1) is 11.8 Å². The van der Waals surface area contributed by atoms with Crippen LogP contribution in [0.4, 0.5) is 5.69 Å². The van der Waals surface area contributed by atoms with E-state index in [0.29, 0.717) is 24.9 Å². The van der Waals surface area contributed by atoms with Crippen LogP contribution < -0.4 is 4.90 Å². The Morgan fingerprint density at radius 3 is 2.38 bits per heavy atom. The molecule has 0 aromatic heterocycles. The highest BCUT2D eigenvalue weighted by Crippen LogP contribution is 2.37. The summed E-state index contributed by atoms with van der Waals surface area (Å²) in [7, 11) is 0. The average Bonchev–Trinajstić information content (AvgIpc) is 2.92. The van der Waals surface area contributed by atoms with Gasteiger partial charge in [0.2, 0.25) is 5.91 Å². The standard InChI is InChI=1S/C23H27N3O2S/c1-18-11-12-26(20-9-5-6-10-21(20)29-18)22(27)17-24-13-15-25(16-14-24)23(28)19-7-3-2-4-8-19/h2-10,18H,11-17H2,1H3/t18-/m1/s1. The predicted molar refractivity (Wildman–Crippen MR) is 118 cm³/mol. The van der Waals surface area contributed by atoms with Crippen LogP contribution in [-0.2, 0) is 4.79 Å². The highest BCUT2D eigenvalue weighted by molar-refractivity contribution is 8.00. The summed E-state index contributed by atoms with van der Waals surface area (Å²) in [4.78, 5) is 32.9. The monoisotopic (exact) mass is 409 g/mol. The first-order chi connectivity index (χ1) is 14.1.